The number of thioether (sulfide) groups is 1. The van der Waals surface area contributed by atoms with Gasteiger partial charge in [0.1, 0.15) is 0 Å². The molecule has 2 amide bonds. The highest BCUT2D eigenvalue weighted by Gasteiger charge is 2.25. The molecule has 158 valence electrons. The summed E-state index contributed by atoms with van der Waals surface area (Å²) in [5.41, 5.74) is 5.37. The van der Waals surface area contributed by atoms with Crippen LogP contribution in [0, 0.1) is 0 Å². The van der Waals surface area contributed by atoms with Gasteiger partial charge in [0.2, 0.25) is 0 Å². The molecule has 0 unspecified atom stereocenters. The molecule has 0 saturated carbocycles. The van der Waals surface area contributed by atoms with Crippen molar-refractivity contribution in [1.82, 2.24) is 14.9 Å². The van der Waals surface area contributed by atoms with Gasteiger partial charge in [0.25, 0.3) is 11.1 Å². The van der Waals surface area contributed by atoms with Crippen LogP contribution in [0.5, 0.6) is 0 Å². The highest BCUT2D eigenvalue weighted by atomic mass is 32.2. The number of imide groups is 1. The first kappa shape index (κ1) is 20.3. The fourth-order valence-corrected chi connectivity index (χ4v) is 4.76. The second kappa shape index (κ2) is 8.85. The van der Waals surface area contributed by atoms with Gasteiger partial charge in [-0.25, -0.2) is 4.98 Å². The Labute approximate surface area is 190 Å². The third kappa shape index (κ3) is 4.22. The molecule has 4 aromatic rings. The largest absolute Gasteiger partial charge is 0.331 e. The maximum absolute atomic E-state index is 11.9. The molecule has 6 heteroatoms. The number of nitrogens with one attached hydrogen (secondary N) is 1. The molecule has 5 nitrogen and oxygen atoms in total. The number of hydrogen-bond acceptors (Lipinski definition) is 4. The van der Waals surface area contributed by atoms with Crippen LogP contribution in [-0.2, 0) is 11.3 Å². The van der Waals surface area contributed by atoms with Crippen LogP contribution < -0.4 is 5.32 Å². The second-order valence-corrected chi connectivity index (χ2v) is 8.72. The number of rotatable bonds is 6. The van der Waals surface area contributed by atoms with Crippen molar-refractivity contribution in [1.29, 1.82) is 0 Å². The Balaban J connectivity index is 1.42. The van der Waals surface area contributed by atoms with E-state index >= 15 is 0 Å². The van der Waals surface area contributed by atoms with E-state index in [2.05, 4.69) is 63.4 Å². The molecule has 0 bridgehead atoms. The Kier molecular flexibility index (Phi) is 5.60. The van der Waals surface area contributed by atoms with Gasteiger partial charge < -0.3 is 4.57 Å². The minimum atomic E-state index is -0.345. The Morgan fingerprint density at radius 1 is 0.938 bits per heavy atom. The summed E-state index contributed by atoms with van der Waals surface area (Å²) in [5.74, 6) is -0.0630. The molecule has 5 rings (SSSR count). The molecule has 1 aliphatic rings. The summed E-state index contributed by atoms with van der Waals surface area (Å²) < 4.78 is 2.16. The van der Waals surface area contributed by atoms with Crippen molar-refractivity contribution in [2.75, 3.05) is 0 Å². The van der Waals surface area contributed by atoms with E-state index in [1.54, 1.807) is 6.08 Å². The number of fused-ring (bicyclic) bond motifs is 1. The Morgan fingerprint density at radius 2 is 1.62 bits per heavy atom. The van der Waals surface area contributed by atoms with Crippen LogP contribution in [0.25, 0.3) is 17.1 Å². The first-order valence-electron chi connectivity index (χ1n) is 10.5. The summed E-state index contributed by atoms with van der Waals surface area (Å²) in [6.45, 7) is 0.804. The lowest BCUT2D eigenvalue weighted by molar-refractivity contribution is -0.115. The maximum Gasteiger partial charge on any atom is 0.290 e. The summed E-state index contributed by atoms with van der Waals surface area (Å²) in [6.07, 6.45) is 4.55. The van der Waals surface area contributed by atoms with Gasteiger partial charge in [-0.15, -0.1) is 0 Å². The van der Waals surface area contributed by atoms with E-state index in [1.165, 1.54) is 11.1 Å². The smallest absolute Gasteiger partial charge is 0.290 e. The lowest BCUT2D eigenvalue weighted by Gasteiger charge is -2.18. The number of carbonyl (C=O) groups excluding carboxylic acids is 2. The van der Waals surface area contributed by atoms with Crippen LogP contribution in [0.3, 0.4) is 0 Å². The molecule has 0 atom stereocenters. The van der Waals surface area contributed by atoms with Crippen molar-refractivity contribution >= 4 is 40.0 Å². The first-order chi connectivity index (χ1) is 15.7. The van der Waals surface area contributed by atoms with Crippen LogP contribution in [0.2, 0.25) is 0 Å². The molecular formula is C26H21N3O2S. The third-order valence-electron chi connectivity index (χ3n) is 5.65. The van der Waals surface area contributed by atoms with Crippen molar-refractivity contribution in [3.8, 4) is 0 Å². The summed E-state index contributed by atoms with van der Waals surface area (Å²) in [7, 11) is 0. The molecule has 0 radical (unpaired) electrons. The van der Waals surface area contributed by atoms with Gasteiger partial charge in [0.05, 0.1) is 22.3 Å². The molecule has 0 aliphatic carbocycles. The topological polar surface area (TPSA) is 64.0 Å². The van der Waals surface area contributed by atoms with Crippen molar-refractivity contribution in [2.45, 2.75) is 18.9 Å². The van der Waals surface area contributed by atoms with Gasteiger partial charge in [0, 0.05) is 12.5 Å². The minimum absolute atomic E-state index is 0.282. The minimum Gasteiger partial charge on any atom is -0.331 e. The first-order valence-corrected chi connectivity index (χ1v) is 11.3. The van der Waals surface area contributed by atoms with Crippen LogP contribution >= 0.6 is 11.8 Å². The average Bonchev–Trinajstić information content (AvgIpc) is 3.37. The third-order valence-corrected chi connectivity index (χ3v) is 6.46. The van der Waals surface area contributed by atoms with Crippen molar-refractivity contribution in [2.24, 2.45) is 0 Å². The summed E-state index contributed by atoms with van der Waals surface area (Å²) >= 11 is 0.929. The van der Waals surface area contributed by atoms with Crippen molar-refractivity contribution < 1.29 is 9.59 Å². The summed E-state index contributed by atoms with van der Waals surface area (Å²) in [6, 6.07) is 27.0. The molecule has 1 saturated heterocycles. The van der Waals surface area contributed by atoms with Gasteiger partial charge in [-0.1, -0.05) is 66.7 Å². The molecule has 1 N–H and O–H groups in total. The van der Waals surface area contributed by atoms with Crippen LogP contribution in [0.15, 0.2) is 90.1 Å². The number of carbonyl (C=O) groups is 2. The molecule has 1 fully saturated rings. The van der Waals surface area contributed by atoms with E-state index < -0.39 is 0 Å². The maximum atomic E-state index is 11.9. The number of hydrogen-bond donors (Lipinski definition) is 1. The van der Waals surface area contributed by atoms with Crippen LogP contribution in [0.1, 0.15) is 29.0 Å². The average molecular weight is 440 g/mol. The monoisotopic (exact) mass is 439 g/mol. The van der Waals surface area contributed by atoms with Gasteiger partial charge >= 0.3 is 0 Å². The SMILES string of the molecule is O=C1NC(=O)C(=Cc2ccc3ncn(CCC(c4ccccc4)c4ccccc4)c3c2)S1. The number of aromatic nitrogens is 2. The summed E-state index contributed by atoms with van der Waals surface area (Å²) in [4.78, 5) is 28.3. The highest BCUT2D eigenvalue weighted by Crippen LogP contribution is 2.30. The molecule has 32 heavy (non-hydrogen) atoms. The van der Waals surface area contributed by atoms with E-state index in [0.29, 0.717) is 4.91 Å². The van der Waals surface area contributed by atoms with Crippen LogP contribution in [0.4, 0.5) is 4.79 Å². The van der Waals surface area contributed by atoms with Gasteiger partial charge in [-0.05, 0) is 53.1 Å². The van der Waals surface area contributed by atoms with Gasteiger partial charge in [-0.3, -0.25) is 14.9 Å². The predicted molar refractivity (Wildman–Crippen MR) is 128 cm³/mol. The number of aryl methyl sites for hydroxylation is 1. The highest BCUT2D eigenvalue weighted by molar-refractivity contribution is 8.18. The number of nitrogens with zero attached hydrogens (tertiary/aromatic N) is 2. The van der Waals surface area contributed by atoms with Crippen LogP contribution in [-0.4, -0.2) is 20.7 Å². The fourth-order valence-electron chi connectivity index (χ4n) is 4.08. The standard InChI is InChI=1S/C26H21N3O2S/c30-25-24(32-26(31)28-25)16-18-11-12-22-23(15-18)29(17-27-22)14-13-21(19-7-3-1-4-8-19)20-9-5-2-6-10-20/h1-12,15-17,21H,13-14H2,(H,28,30,31). The zero-order valence-electron chi connectivity index (χ0n) is 17.3. The number of amides is 2. The lowest BCUT2D eigenvalue weighted by Crippen LogP contribution is -2.17. The zero-order chi connectivity index (χ0) is 21.9. The fraction of sp³-hybridized carbons (Fsp3) is 0.115. The normalized spacial score (nSPS) is 15.1. The van der Waals surface area contributed by atoms with Gasteiger partial charge in [0.15, 0.2) is 0 Å². The Hall–Kier alpha value is -3.64. The van der Waals surface area contributed by atoms with E-state index in [0.717, 1.165) is 41.3 Å². The van der Waals surface area contributed by atoms with Gasteiger partial charge in [-0.2, -0.15) is 0 Å². The summed E-state index contributed by atoms with van der Waals surface area (Å²) in [5, 5.41) is 1.96. The molecular weight excluding hydrogens is 418 g/mol. The number of benzene rings is 3. The van der Waals surface area contributed by atoms with E-state index in [4.69, 9.17) is 0 Å². The van der Waals surface area contributed by atoms with Crippen molar-refractivity contribution in [3.63, 3.8) is 0 Å². The Bertz CT molecular complexity index is 1270. The predicted octanol–water partition coefficient (Wildman–Crippen LogP) is 5.58. The molecule has 0 spiro atoms. The quantitative estimate of drug-likeness (QED) is 0.398. The van der Waals surface area contributed by atoms with E-state index in [1.807, 2.05) is 36.7 Å². The van der Waals surface area contributed by atoms with E-state index in [-0.39, 0.29) is 17.1 Å². The molecule has 2 heterocycles. The molecule has 1 aliphatic heterocycles. The Morgan fingerprint density at radius 3 is 2.25 bits per heavy atom. The van der Waals surface area contributed by atoms with E-state index in [9.17, 15) is 9.59 Å². The molecule has 3 aromatic carbocycles. The number of imidazole rings is 1. The van der Waals surface area contributed by atoms with Crippen molar-refractivity contribution in [3.05, 3.63) is 107 Å². The molecule has 1 aromatic heterocycles. The second-order valence-electron chi connectivity index (χ2n) is 7.70. The lowest BCUT2D eigenvalue weighted by atomic mass is 9.88. The zero-order valence-corrected chi connectivity index (χ0v) is 18.1.